The Morgan fingerprint density at radius 1 is 1.19 bits per heavy atom. The molecule has 0 atom stereocenters. The number of amides is 2. The van der Waals surface area contributed by atoms with Crippen molar-refractivity contribution < 1.29 is 4.79 Å². The lowest BCUT2D eigenvalue weighted by Crippen LogP contribution is -2.30. The van der Waals surface area contributed by atoms with Crippen LogP contribution in [0.1, 0.15) is 5.56 Å². The highest BCUT2D eigenvalue weighted by Crippen LogP contribution is 2.19. The second-order valence-corrected chi connectivity index (χ2v) is 5.74. The third-order valence-corrected chi connectivity index (χ3v) is 4.06. The lowest BCUT2D eigenvalue weighted by molar-refractivity contribution is 0.252. The van der Waals surface area contributed by atoms with Crippen molar-refractivity contribution in [2.24, 2.45) is 0 Å². The van der Waals surface area contributed by atoms with E-state index < -0.39 is 0 Å². The first kappa shape index (κ1) is 15.7. The number of rotatable bonds is 5. The topological polar surface area (TPSA) is 41.1 Å². The zero-order chi connectivity index (χ0) is 15.1. The molecule has 5 heteroatoms. The van der Waals surface area contributed by atoms with Crippen LogP contribution in [-0.4, -0.2) is 18.8 Å². The molecule has 2 aromatic carbocycles. The van der Waals surface area contributed by atoms with E-state index in [0.717, 1.165) is 21.2 Å². The van der Waals surface area contributed by atoms with Gasteiger partial charge in [0.1, 0.15) is 0 Å². The van der Waals surface area contributed by atoms with E-state index in [1.165, 1.54) is 0 Å². The van der Waals surface area contributed by atoms with Crippen molar-refractivity contribution in [2.75, 3.05) is 18.1 Å². The van der Waals surface area contributed by atoms with Crippen molar-refractivity contribution in [2.45, 2.75) is 11.3 Å². The van der Waals surface area contributed by atoms with E-state index >= 15 is 0 Å². The zero-order valence-corrected chi connectivity index (χ0v) is 13.3. The summed E-state index contributed by atoms with van der Waals surface area (Å²) in [5, 5.41) is 6.38. The average molecular weight is 321 g/mol. The van der Waals surface area contributed by atoms with Crippen LogP contribution in [0.25, 0.3) is 0 Å². The second kappa shape index (κ2) is 7.96. The fourth-order valence-corrected chi connectivity index (χ4v) is 2.58. The van der Waals surface area contributed by atoms with Crippen LogP contribution >= 0.6 is 23.4 Å². The third kappa shape index (κ3) is 4.99. The molecule has 0 saturated carbocycles. The summed E-state index contributed by atoms with van der Waals surface area (Å²) in [6, 6.07) is 15.2. The molecule has 0 aliphatic rings. The molecule has 0 bridgehead atoms. The van der Waals surface area contributed by atoms with Crippen LogP contribution in [0, 0.1) is 0 Å². The fraction of sp³-hybridized carbons (Fsp3) is 0.188. The van der Waals surface area contributed by atoms with Gasteiger partial charge in [-0.05, 0) is 42.5 Å². The van der Waals surface area contributed by atoms with Crippen LogP contribution in [0.4, 0.5) is 10.5 Å². The number of benzene rings is 2. The van der Waals surface area contributed by atoms with Gasteiger partial charge in [0.2, 0.25) is 0 Å². The summed E-state index contributed by atoms with van der Waals surface area (Å²) in [4.78, 5) is 12.9. The van der Waals surface area contributed by atoms with Crippen molar-refractivity contribution in [3.8, 4) is 0 Å². The number of urea groups is 1. The predicted molar refractivity (Wildman–Crippen MR) is 90.4 cm³/mol. The third-order valence-electron chi connectivity index (χ3n) is 2.97. The summed E-state index contributed by atoms with van der Waals surface area (Å²) < 4.78 is 0. The Hall–Kier alpha value is -1.65. The lowest BCUT2D eigenvalue weighted by Gasteiger charge is -2.09. The molecule has 0 saturated heterocycles. The molecule has 2 N–H and O–H groups in total. The van der Waals surface area contributed by atoms with Crippen LogP contribution in [0.3, 0.4) is 0 Å². The molecule has 3 nitrogen and oxygen atoms in total. The van der Waals surface area contributed by atoms with Gasteiger partial charge in [-0.15, -0.1) is 11.8 Å². The Bertz CT molecular complexity index is 619. The molecule has 0 aliphatic heterocycles. The maximum atomic E-state index is 11.8. The van der Waals surface area contributed by atoms with Crippen molar-refractivity contribution in [3.63, 3.8) is 0 Å². The molecular weight excluding hydrogens is 304 g/mol. The van der Waals surface area contributed by atoms with E-state index in [2.05, 4.69) is 10.6 Å². The maximum Gasteiger partial charge on any atom is 0.319 e. The maximum absolute atomic E-state index is 11.8. The molecule has 21 heavy (non-hydrogen) atoms. The Labute approximate surface area is 134 Å². The number of nitrogens with one attached hydrogen (secondary N) is 2. The highest BCUT2D eigenvalue weighted by molar-refractivity contribution is 7.98. The highest BCUT2D eigenvalue weighted by atomic mass is 35.5. The average Bonchev–Trinajstić information content (AvgIpc) is 2.49. The first-order chi connectivity index (χ1) is 10.2. The Kier molecular flexibility index (Phi) is 5.96. The van der Waals surface area contributed by atoms with Crippen molar-refractivity contribution in [1.29, 1.82) is 0 Å². The van der Waals surface area contributed by atoms with Gasteiger partial charge < -0.3 is 10.6 Å². The van der Waals surface area contributed by atoms with Crippen LogP contribution in [0.15, 0.2) is 53.4 Å². The molecule has 2 rings (SSSR count). The Balaban J connectivity index is 1.81. The monoisotopic (exact) mass is 320 g/mol. The first-order valence-electron chi connectivity index (χ1n) is 6.61. The van der Waals surface area contributed by atoms with Crippen LogP contribution in [-0.2, 0) is 6.42 Å². The summed E-state index contributed by atoms with van der Waals surface area (Å²) in [7, 11) is 0. The fourth-order valence-electron chi connectivity index (χ4n) is 1.89. The largest absolute Gasteiger partial charge is 0.338 e. The van der Waals surface area contributed by atoms with E-state index in [1.54, 1.807) is 11.8 Å². The van der Waals surface area contributed by atoms with E-state index in [1.807, 2.05) is 54.8 Å². The van der Waals surface area contributed by atoms with Crippen molar-refractivity contribution in [1.82, 2.24) is 5.32 Å². The highest BCUT2D eigenvalue weighted by Gasteiger charge is 2.03. The number of hydrogen-bond donors (Lipinski definition) is 2. The molecule has 0 aromatic heterocycles. The number of thioether (sulfide) groups is 1. The minimum Gasteiger partial charge on any atom is -0.338 e. The van der Waals surface area contributed by atoms with Crippen molar-refractivity contribution in [3.05, 3.63) is 59.1 Å². The normalized spacial score (nSPS) is 10.2. The molecule has 0 heterocycles. The second-order valence-electron chi connectivity index (χ2n) is 4.45. The van der Waals surface area contributed by atoms with Gasteiger partial charge in [-0.1, -0.05) is 35.9 Å². The van der Waals surface area contributed by atoms with E-state index in [9.17, 15) is 4.79 Å². The van der Waals surface area contributed by atoms with Crippen LogP contribution < -0.4 is 10.6 Å². The van der Waals surface area contributed by atoms with Crippen molar-refractivity contribution >= 4 is 35.1 Å². The van der Waals surface area contributed by atoms with Crippen LogP contribution in [0.2, 0.25) is 5.02 Å². The van der Waals surface area contributed by atoms with E-state index in [-0.39, 0.29) is 6.03 Å². The quantitative estimate of drug-likeness (QED) is 0.800. The smallest absolute Gasteiger partial charge is 0.319 e. The minimum absolute atomic E-state index is 0.208. The Morgan fingerprint density at radius 3 is 2.76 bits per heavy atom. The Morgan fingerprint density at radius 2 is 2.00 bits per heavy atom. The van der Waals surface area contributed by atoms with E-state index in [0.29, 0.717) is 13.0 Å². The molecule has 0 unspecified atom stereocenters. The predicted octanol–water partition coefficient (Wildman–Crippen LogP) is 4.43. The number of carbonyl (C=O) groups excluding carboxylic acids is 1. The number of halogens is 1. The van der Waals surface area contributed by atoms with Gasteiger partial charge >= 0.3 is 6.03 Å². The number of anilines is 1. The molecule has 0 radical (unpaired) electrons. The van der Waals surface area contributed by atoms with Gasteiger partial charge in [0, 0.05) is 22.2 Å². The summed E-state index contributed by atoms with van der Waals surface area (Å²) in [5.74, 6) is 0. The molecule has 2 aromatic rings. The minimum atomic E-state index is -0.208. The summed E-state index contributed by atoms with van der Waals surface area (Å²) >= 11 is 7.71. The molecule has 0 fully saturated rings. The van der Waals surface area contributed by atoms with E-state index in [4.69, 9.17) is 11.6 Å². The molecule has 110 valence electrons. The first-order valence-corrected chi connectivity index (χ1v) is 8.21. The number of hydrogen-bond acceptors (Lipinski definition) is 2. The zero-order valence-electron chi connectivity index (χ0n) is 11.7. The van der Waals surface area contributed by atoms with Gasteiger partial charge in [-0.25, -0.2) is 4.79 Å². The summed E-state index contributed by atoms with van der Waals surface area (Å²) in [6.07, 6.45) is 2.71. The lowest BCUT2D eigenvalue weighted by atomic mass is 10.1. The molecule has 2 amide bonds. The summed E-state index contributed by atoms with van der Waals surface area (Å²) in [5.41, 5.74) is 1.82. The van der Waals surface area contributed by atoms with Gasteiger partial charge in [0.25, 0.3) is 0 Å². The standard InChI is InChI=1S/C16H17ClN2OS/c1-21-14-7-4-6-13(11-14)19-16(20)18-10-9-12-5-2-3-8-15(12)17/h2-8,11H,9-10H2,1H3,(H2,18,19,20). The van der Waals surface area contributed by atoms with Gasteiger partial charge in [-0.3, -0.25) is 0 Å². The van der Waals surface area contributed by atoms with Gasteiger partial charge in [0.05, 0.1) is 0 Å². The van der Waals surface area contributed by atoms with Gasteiger partial charge in [-0.2, -0.15) is 0 Å². The molecular formula is C16H17ClN2OS. The molecule has 0 aliphatic carbocycles. The number of carbonyl (C=O) groups is 1. The SMILES string of the molecule is CSc1cccc(NC(=O)NCCc2ccccc2Cl)c1. The molecule has 0 spiro atoms. The summed E-state index contributed by atoms with van der Waals surface area (Å²) in [6.45, 7) is 0.539. The van der Waals surface area contributed by atoms with Crippen LogP contribution in [0.5, 0.6) is 0 Å². The van der Waals surface area contributed by atoms with Gasteiger partial charge in [0.15, 0.2) is 0 Å².